The molecule has 0 aliphatic carbocycles. The Hall–Kier alpha value is -2.81. The summed E-state index contributed by atoms with van der Waals surface area (Å²) in [7, 11) is 0. The van der Waals surface area contributed by atoms with Gasteiger partial charge < -0.3 is 14.9 Å². The largest absolute Gasteiger partial charge is 0.491 e. The van der Waals surface area contributed by atoms with Crippen molar-refractivity contribution in [1.29, 1.82) is 5.41 Å². The first-order valence-corrected chi connectivity index (χ1v) is 10.6. The van der Waals surface area contributed by atoms with E-state index in [1.165, 1.54) is 4.68 Å². The van der Waals surface area contributed by atoms with E-state index in [9.17, 15) is 18.0 Å². The molecule has 0 amide bonds. The van der Waals surface area contributed by atoms with E-state index in [1.54, 1.807) is 26.0 Å². The molecule has 1 unspecified atom stereocenters. The van der Waals surface area contributed by atoms with E-state index in [1.807, 2.05) is 12.1 Å². The molecule has 1 atom stereocenters. The Balaban J connectivity index is 2.65. The van der Waals surface area contributed by atoms with Gasteiger partial charge in [-0.1, -0.05) is 56.6 Å². The first-order chi connectivity index (χ1) is 15.2. The number of aromatic nitrogens is 2. The van der Waals surface area contributed by atoms with Gasteiger partial charge in [0.25, 0.3) is 0 Å². The minimum absolute atomic E-state index is 0.0246. The number of benzene rings is 1. The molecule has 0 bridgehead atoms. The van der Waals surface area contributed by atoms with E-state index in [4.69, 9.17) is 21.7 Å². The first kappa shape index (κ1) is 26.4. The van der Waals surface area contributed by atoms with Crippen molar-refractivity contribution in [2.24, 2.45) is 0 Å². The zero-order valence-electron chi connectivity index (χ0n) is 19.3. The number of hydrogen-bond acceptors (Lipinski definition) is 5. The van der Waals surface area contributed by atoms with Crippen LogP contribution in [0.2, 0.25) is 5.02 Å². The summed E-state index contributed by atoms with van der Waals surface area (Å²) < 4.78 is 49.6. The van der Waals surface area contributed by atoms with Crippen LogP contribution in [0.15, 0.2) is 24.3 Å². The van der Waals surface area contributed by atoms with Crippen molar-refractivity contribution < 1.29 is 27.4 Å². The molecule has 2 rings (SSSR count). The number of nitrogens with zero attached hydrogens (tertiary/aromatic N) is 2. The monoisotopic (exact) mass is 485 g/mol. The lowest BCUT2D eigenvalue weighted by atomic mass is 9.86. The molecule has 1 aromatic heterocycles. The second-order valence-corrected chi connectivity index (χ2v) is 8.74. The van der Waals surface area contributed by atoms with Crippen molar-refractivity contribution in [3.05, 3.63) is 51.8 Å². The molecule has 0 radical (unpaired) electrons. The molecule has 0 saturated heterocycles. The van der Waals surface area contributed by atoms with Gasteiger partial charge in [0.2, 0.25) is 6.29 Å². The Kier molecular flexibility index (Phi) is 8.00. The zero-order chi connectivity index (χ0) is 25.1. The van der Waals surface area contributed by atoms with Crippen LogP contribution in [0.5, 0.6) is 0 Å². The van der Waals surface area contributed by atoms with Crippen LogP contribution in [-0.2, 0) is 26.2 Å². The number of alkyl halides is 3. The molecule has 0 spiro atoms. The van der Waals surface area contributed by atoms with Gasteiger partial charge in [-0.05, 0) is 30.4 Å². The van der Waals surface area contributed by atoms with E-state index in [0.717, 1.165) is 18.7 Å². The number of carbonyl (C=O) groups is 1. The van der Waals surface area contributed by atoms with Crippen molar-refractivity contribution in [3.63, 3.8) is 0 Å². The van der Waals surface area contributed by atoms with Gasteiger partial charge in [-0.3, -0.25) is 4.68 Å². The molecule has 2 aromatic rings. The van der Waals surface area contributed by atoms with Gasteiger partial charge >= 0.3 is 12.1 Å². The summed E-state index contributed by atoms with van der Waals surface area (Å²) in [6.45, 7) is 11.2. The second-order valence-electron chi connectivity index (χ2n) is 8.37. The highest BCUT2D eigenvalue weighted by atomic mass is 35.5. The predicted octanol–water partition coefficient (Wildman–Crippen LogP) is 6.15. The molecule has 1 heterocycles. The third kappa shape index (κ3) is 6.16. The number of ether oxygens (including phenoxy) is 2. The molecule has 180 valence electrons. The normalized spacial score (nSPS) is 13.9. The number of carbonyl (C=O) groups excluding carboxylic acids is 1. The summed E-state index contributed by atoms with van der Waals surface area (Å²) in [5, 5.41) is 12.6. The van der Waals surface area contributed by atoms with Crippen LogP contribution in [0.1, 0.15) is 57.1 Å². The lowest BCUT2D eigenvalue weighted by Gasteiger charge is -2.22. The Morgan fingerprint density at radius 2 is 1.79 bits per heavy atom. The maximum Gasteiger partial charge on any atom is 0.491 e. The fraction of sp³-hybridized carbons (Fsp3) is 0.435. The minimum atomic E-state index is -5.17. The maximum atomic E-state index is 12.7. The summed E-state index contributed by atoms with van der Waals surface area (Å²) in [6, 6.07) is 7.36. The minimum Gasteiger partial charge on any atom is -0.452 e. The topological polar surface area (TPSA) is 77.2 Å². The highest BCUT2D eigenvalue weighted by molar-refractivity contribution is 6.33. The number of aryl methyl sites for hydroxylation is 2. The van der Waals surface area contributed by atoms with Crippen molar-refractivity contribution in [2.75, 3.05) is 0 Å². The Morgan fingerprint density at radius 3 is 2.24 bits per heavy atom. The molecule has 0 aliphatic rings. The van der Waals surface area contributed by atoms with Crippen LogP contribution in [0.3, 0.4) is 0 Å². The van der Waals surface area contributed by atoms with Crippen molar-refractivity contribution in [1.82, 2.24) is 9.78 Å². The SMILES string of the molecule is CCn1nc(C)c(Cl)c1/C(OC(C)OC(=O)C(F)(F)F)=C(\C=N)c1ccc(C(C)(C)C)cc1. The smallest absolute Gasteiger partial charge is 0.452 e. The van der Waals surface area contributed by atoms with Crippen molar-refractivity contribution in [2.45, 2.75) is 66.0 Å². The quantitative estimate of drug-likeness (QED) is 0.221. The summed E-state index contributed by atoms with van der Waals surface area (Å²) in [6.07, 6.45) is -5.78. The van der Waals surface area contributed by atoms with E-state index < -0.39 is 18.4 Å². The fourth-order valence-electron chi connectivity index (χ4n) is 3.09. The third-order valence-electron chi connectivity index (χ3n) is 4.81. The highest BCUT2D eigenvalue weighted by Gasteiger charge is 2.42. The standard InChI is InChI=1S/C23H27ClF3N3O3/c1-7-30-19(18(24)13(2)29-30)20(32-14(3)33-21(31)23(25,26)27)17(12-28)15-8-10-16(11-9-15)22(4,5)6/h8-12,14,28H,7H2,1-6H3/b20-17-,28-12?. The number of hydrogen-bond donors (Lipinski definition) is 1. The molecular weight excluding hydrogens is 459 g/mol. The van der Waals surface area contributed by atoms with Gasteiger partial charge in [0.05, 0.1) is 10.7 Å². The molecule has 0 fully saturated rings. The average molecular weight is 486 g/mol. The van der Waals surface area contributed by atoms with Gasteiger partial charge in [0.15, 0.2) is 5.76 Å². The first-order valence-electron chi connectivity index (χ1n) is 10.2. The van der Waals surface area contributed by atoms with Gasteiger partial charge in [0, 0.05) is 25.3 Å². The molecule has 6 nitrogen and oxygen atoms in total. The molecular formula is C23H27ClF3N3O3. The summed E-state index contributed by atoms with van der Waals surface area (Å²) in [4.78, 5) is 11.3. The van der Waals surface area contributed by atoms with Crippen LogP contribution in [-0.4, -0.2) is 34.4 Å². The Morgan fingerprint density at radius 1 is 1.21 bits per heavy atom. The molecule has 0 saturated carbocycles. The number of esters is 1. The Labute approximate surface area is 195 Å². The van der Waals surface area contributed by atoms with Crippen LogP contribution < -0.4 is 0 Å². The molecule has 1 aromatic carbocycles. The molecule has 10 heteroatoms. The number of halogens is 4. The van der Waals surface area contributed by atoms with Crippen LogP contribution >= 0.6 is 11.6 Å². The fourth-order valence-corrected chi connectivity index (χ4v) is 3.31. The molecule has 0 aliphatic heterocycles. The summed E-state index contributed by atoms with van der Waals surface area (Å²) in [5.41, 5.74) is 2.50. The number of nitrogens with one attached hydrogen (secondary N) is 1. The van der Waals surface area contributed by atoms with E-state index in [2.05, 4.69) is 30.6 Å². The number of allylic oxidation sites excluding steroid dienone is 1. The molecule has 1 N–H and O–H groups in total. The lowest BCUT2D eigenvalue weighted by Crippen LogP contribution is -2.30. The van der Waals surface area contributed by atoms with Gasteiger partial charge in [-0.15, -0.1) is 0 Å². The zero-order valence-corrected chi connectivity index (χ0v) is 20.1. The number of rotatable bonds is 7. The highest BCUT2D eigenvalue weighted by Crippen LogP contribution is 2.35. The Bertz CT molecular complexity index is 1050. The third-order valence-corrected chi connectivity index (χ3v) is 5.26. The van der Waals surface area contributed by atoms with Crippen LogP contribution in [0, 0.1) is 12.3 Å². The van der Waals surface area contributed by atoms with Gasteiger partial charge in [0.1, 0.15) is 5.69 Å². The second kappa shape index (κ2) is 9.99. The predicted molar refractivity (Wildman–Crippen MR) is 121 cm³/mol. The van der Waals surface area contributed by atoms with E-state index >= 15 is 0 Å². The van der Waals surface area contributed by atoms with Crippen molar-refractivity contribution >= 4 is 35.1 Å². The molecule has 33 heavy (non-hydrogen) atoms. The summed E-state index contributed by atoms with van der Waals surface area (Å²) in [5.74, 6) is -2.41. The van der Waals surface area contributed by atoms with Gasteiger partial charge in [-0.25, -0.2) is 4.79 Å². The van der Waals surface area contributed by atoms with Gasteiger partial charge in [-0.2, -0.15) is 18.3 Å². The summed E-state index contributed by atoms with van der Waals surface area (Å²) >= 11 is 6.46. The van der Waals surface area contributed by atoms with E-state index in [0.29, 0.717) is 17.8 Å². The van der Waals surface area contributed by atoms with Crippen molar-refractivity contribution in [3.8, 4) is 0 Å². The van der Waals surface area contributed by atoms with Crippen LogP contribution in [0.4, 0.5) is 13.2 Å². The van der Waals surface area contributed by atoms with Crippen LogP contribution in [0.25, 0.3) is 11.3 Å². The maximum absolute atomic E-state index is 12.7. The lowest BCUT2D eigenvalue weighted by molar-refractivity contribution is -0.216. The average Bonchev–Trinajstić information content (AvgIpc) is 3.00. The van der Waals surface area contributed by atoms with E-state index in [-0.39, 0.29) is 27.5 Å².